The van der Waals surface area contributed by atoms with E-state index in [4.69, 9.17) is 10.5 Å². The number of nitrogen functional groups attached to an aromatic ring is 1. The fourth-order valence-electron chi connectivity index (χ4n) is 1.73. The Bertz CT molecular complexity index is 611. The number of ketones is 1. The highest BCUT2D eigenvalue weighted by atomic mass is 19.1. The van der Waals surface area contributed by atoms with Crippen LogP contribution >= 0.6 is 0 Å². The van der Waals surface area contributed by atoms with Gasteiger partial charge in [0.05, 0.1) is 12.3 Å². The van der Waals surface area contributed by atoms with E-state index in [2.05, 4.69) is 0 Å². The number of benzene rings is 2. The molecule has 0 radical (unpaired) electrons. The van der Waals surface area contributed by atoms with E-state index < -0.39 is 5.82 Å². The van der Waals surface area contributed by atoms with E-state index in [0.717, 1.165) is 6.07 Å². The van der Waals surface area contributed by atoms with Gasteiger partial charge in [0.1, 0.15) is 11.6 Å². The van der Waals surface area contributed by atoms with E-state index in [-0.39, 0.29) is 17.0 Å². The smallest absolute Gasteiger partial charge is 0.193 e. The van der Waals surface area contributed by atoms with Crippen LogP contribution in [-0.2, 0) is 0 Å². The molecule has 2 N–H and O–H groups in total. The van der Waals surface area contributed by atoms with Crippen LogP contribution in [0.5, 0.6) is 5.75 Å². The van der Waals surface area contributed by atoms with E-state index in [1.54, 1.807) is 24.3 Å². The maximum Gasteiger partial charge on any atom is 0.193 e. The lowest BCUT2D eigenvalue weighted by molar-refractivity contribution is 0.103. The van der Waals surface area contributed by atoms with Gasteiger partial charge >= 0.3 is 0 Å². The SMILES string of the molecule is CCOc1cccc(C(=O)c2ccc(N)c(F)c2)c1. The molecule has 0 aliphatic heterocycles. The lowest BCUT2D eigenvalue weighted by Crippen LogP contribution is -2.03. The fraction of sp³-hybridized carbons (Fsp3) is 0.133. The number of hydrogen-bond acceptors (Lipinski definition) is 3. The number of nitrogens with two attached hydrogens (primary N) is 1. The van der Waals surface area contributed by atoms with Crippen molar-refractivity contribution in [1.82, 2.24) is 0 Å². The van der Waals surface area contributed by atoms with Crippen LogP contribution in [-0.4, -0.2) is 12.4 Å². The van der Waals surface area contributed by atoms with E-state index in [9.17, 15) is 9.18 Å². The first-order chi connectivity index (χ1) is 9.11. The zero-order valence-electron chi connectivity index (χ0n) is 10.5. The van der Waals surface area contributed by atoms with Crippen molar-refractivity contribution in [2.45, 2.75) is 6.92 Å². The number of carbonyl (C=O) groups is 1. The Labute approximate surface area is 110 Å². The molecule has 0 saturated carbocycles. The number of rotatable bonds is 4. The summed E-state index contributed by atoms with van der Waals surface area (Å²) in [5, 5.41) is 0. The van der Waals surface area contributed by atoms with Crippen molar-refractivity contribution < 1.29 is 13.9 Å². The molecule has 3 nitrogen and oxygen atoms in total. The van der Waals surface area contributed by atoms with Crippen LogP contribution in [0, 0.1) is 5.82 Å². The van der Waals surface area contributed by atoms with Gasteiger partial charge in [-0.05, 0) is 37.3 Å². The van der Waals surface area contributed by atoms with Crippen molar-refractivity contribution >= 4 is 11.5 Å². The highest BCUT2D eigenvalue weighted by molar-refractivity contribution is 6.09. The molecular formula is C15H14FNO2. The fourth-order valence-corrected chi connectivity index (χ4v) is 1.73. The Morgan fingerprint density at radius 3 is 2.63 bits per heavy atom. The molecule has 0 heterocycles. The van der Waals surface area contributed by atoms with Gasteiger partial charge in [0.25, 0.3) is 0 Å². The Morgan fingerprint density at radius 1 is 1.21 bits per heavy atom. The summed E-state index contributed by atoms with van der Waals surface area (Å²) >= 11 is 0. The Hall–Kier alpha value is -2.36. The lowest BCUT2D eigenvalue weighted by atomic mass is 10.0. The van der Waals surface area contributed by atoms with E-state index in [0.29, 0.717) is 17.9 Å². The Kier molecular flexibility index (Phi) is 3.80. The van der Waals surface area contributed by atoms with Gasteiger partial charge in [-0.25, -0.2) is 4.39 Å². The molecule has 0 spiro atoms. The third-order valence-corrected chi connectivity index (χ3v) is 2.67. The average Bonchev–Trinajstić information content (AvgIpc) is 2.42. The second-order valence-electron chi connectivity index (χ2n) is 4.03. The number of hydrogen-bond donors (Lipinski definition) is 1. The molecule has 0 aromatic heterocycles. The predicted molar refractivity (Wildman–Crippen MR) is 71.9 cm³/mol. The molecule has 0 atom stereocenters. The summed E-state index contributed by atoms with van der Waals surface area (Å²) < 4.78 is 18.7. The zero-order valence-corrected chi connectivity index (χ0v) is 10.5. The zero-order chi connectivity index (χ0) is 13.8. The summed E-state index contributed by atoms with van der Waals surface area (Å²) in [7, 11) is 0. The molecule has 2 aromatic carbocycles. The molecule has 2 rings (SSSR count). The molecular weight excluding hydrogens is 245 g/mol. The van der Waals surface area contributed by atoms with Gasteiger partial charge < -0.3 is 10.5 Å². The Balaban J connectivity index is 2.32. The topological polar surface area (TPSA) is 52.3 Å². The molecule has 0 unspecified atom stereocenters. The molecule has 0 saturated heterocycles. The quantitative estimate of drug-likeness (QED) is 0.678. The van der Waals surface area contributed by atoms with Crippen LogP contribution in [0.2, 0.25) is 0 Å². The van der Waals surface area contributed by atoms with Gasteiger partial charge in [-0.1, -0.05) is 12.1 Å². The van der Waals surface area contributed by atoms with Gasteiger partial charge in [0.2, 0.25) is 0 Å². The first-order valence-corrected chi connectivity index (χ1v) is 5.94. The van der Waals surface area contributed by atoms with Crippen LogP contribution < -0.4 is 10.5 Å². The van der Waals surface area contributed by atoms with E-state index in [1.165, 1.54) is 12.1 Å². The predicted octanol–water partition coefficient (Wildman–Crippen LogP) is 3.04. The minimum absolute atomic E-state index is 0.0274. The molecule has 4 heteroatoms. The maximum absolute atomic E-state index is 13.4. The number of halogens is 1. The standard InChI is InChI=1S/C15H14FNO2/c1-2-19-12-5-3-4-10(8-12)15(18)11-6-7-14(17)13(16)9-11/h3-9H,2,17H2,1H3. The van der Waals surface area contributed by atoms with Crippen LogP contribution in [0.25, 0.3) is 0 Å². The van der Waals surface area contributed by atoms with Gasteiger partial charge in [-0.2, -0.15) is 0 Å². The van der Waals surface area contributed by atoms with Crippen molar-refractivity contribution in [2.75, 3.05) is 12.3 Å². The van der Waals surface area contributed by atoms with Gasteiger partial charge in [0, 0.05) is 11.1 Å². The molecule has 0 aliphatic rings. The average molecular weight is 259 g/mol. The van der Waals surface area contributed by atoms with Crippen LogP contribution in [0.15, 0.2) is 42.5 Å². The normalized spacial score (nSPS) is 10.2. The first-order valence-electron chi connectivity index (χ1n) is 5.94. The van der Waals surface area contributed by atoms with Gasteiger partial charge in [-0.15, -0.1) is 0 Å². The van der Waals surface area contributed by atoms with Crippen LogP contribution in [0.1, 0.15) is 22.8 Å². The minimum atomic E-state index is -0.591. The molecule has 0 fully saturated rings. The first kappa shape index (κ1) is 13.1. The summed E-state index contributed by atoms with van der Waals surface area (Å²) in [4.78, 5) is 12.2. The van der Waals surface area contributed by atoms with Crippen molar-refractivity contribution in [2.24, 2.45) is 0 Å². The second-order valence-corrected chi connectivity index (χ2v) is 4.03. The highest BCUT2D eigenvalue weighted by Gasteiger charge is 2.11. The third kappa shape index (κ3) is 2.91. The molecule has 2 aromatic rings. The molecule has 0 bridgehead atoms. The van der Waals surface area contributed by atoms with Crippen molar-refractivity contribution in [3.8, 4) is 5.75 Å². The van der Waals surface area contributed by atoms with Crippen molar-refractivity contribution in [1.29, 1.82) is 0 Å². The number of carbonyl (C=O) groups excluding carboxylic acids is 1. The minimum Gasteiger partial charge on any atom is -0.494 e. The highest BCUT2D eigenvalue weighted by Crippen LogP contribution is 2.19. The summed E-state index contributed by atoms with van der Waals surface area (Å²) in [5.41, 5.74) is 6.13. The molecule has 19 heavy (non-hydrogen) atoms. The molecule has 0 aliphatic carbocycles. The third-order valence-electron chi connectivity index (χ3n) is 2.67. The van der Waals surface area contributed by atoms with Crippen LogP contribution in [0.3, 0.4) is 0 Å². The van der Waals surface area contributed by atoms with E-state index >= 15 is 0 Å². The maximum atomic E-state index is 13.4. The molecule has 0 amide bonds. The summed E-state index contributed by atoms with van der Waals surface area (Å²) in [6.07, 6.45) is 0. The monoisotopic (exact) mass is 259 g/mol. The summed E-state index contributed by atoms with van der Waals surface area (Å²) in [6, 6.07) is 10.8. The van der Waals surface area contributed by atoms with Gasteiger partial charge in [0.15, 0.2) is 5.78 Å². The van der Waals surface area contributed by atoms with Crippen molar-refractivity contribution in [3.05, 3.63) is 59.4 Å². The second kappa shape index (κ2) is 5.52. The van der Waals surface area contributed by atoms with Crippen LogP contribution in [0.4, 0.5) is 10.1 Å². The number of anilines is 1. The van der Waals surface area contributed by atoms with Crippen molar-refractivity contribution in [3.63, 3.8) is 0 Å². The number of ether oxygens (including phenoxy) is 1. The summed E-state index contributed by atoms with van der Waals surface area (Å²) in [5.74, 6) is -0.239. The molecule has 98 valence electrons. The summed E-state index contributed by atoms with van der Waals surface area (Å²) in [6.45, 7) is 2.39. The Morgan fingerprint density at radius 2 is 1.95 bits per heavy atom. The largest absolute Gasteiger partial charge is 0.494 e. The lowest BCUT2D eigenvalue weighted by Gasteiger charge is -2.06. The van der Waals surface area contributed by atoms with Gasteiger partial charge in [-0.3, -0.25) is 4.79 Å². The van der Waals surface area contributed by atoms with E-state index in [1.807, 2.05) is 6.92 Å².